The van der Waals surface area contributed by atoms with Gasteiger partial charge in [0.1, 0.15) is 0 Å². The molecule has 0 aromatic carbocycles. The lowest BCUT2D eigenvalue weighted by atomic mass is 10.2. The summed E-state index contributed by atoms with van der Waals surface area (Å²) in [7, 11) is 3.22. The van der Waals surface area contributed by atoms with Gasteiger partial charge in [-0.15, -0.1) is 0 Å². The van der Waals surface area contributed by atoms with Crippen molar-refractivity contribution in [3.05, 3.63) is 21.0 Å². The number of aromatic nitrogens is 3. The van der Waals surface area contributed by atoms with Gasteiger partial charge in [-0.1, -0.05) is 19.8 Å². The van der Waals surface area contributed by atoms with E-state index >= 15 is 0 Å². The second kappa shape index (κ2) is 5.48. The van der Waals surface area contributed by atoms with E-state index in [-0.39, 0.29) is 5.69 Å². The first-order valence-electron chi connectivity index (χ1n) is 5.47. The molecule has 1 aromatic rings. The molecule has 1 aromatic heterocycles. The summed E-state index contributed by atoms with van der Waals surface area (Å²) in [6, 6.07) is 0. The molecule has 0 radical (unpaired) electrons. The standard InChI is InChI=1S/C10H18N4O2/c1-4-5-6-7-14-9(15)12-8(11-2)13(3)10(14)16/h4-7H2,1-3H3,(H,11,12,15). The third kappa shape index (κ3) is 2.50. The van der Waals surface area contributed by atoms with Crippen LogP contribution in [-0.4, -0.2) is 21.2 Å². The predicted molar refractivity (Wildman–Crippen MR) is 62.8 cm³/mol. The summed E-state index contributed by atoms with van der Waals surface area (Å²) in [5, 5.41) is 2.71. The fourth-order valence-electron chi connectivity index (χ4n) is 1.51. The fourth-order valence-corrected chi connectivity index (χ4v) is 1.51. The molecule has 1 heterocycles. The first-order valence-corrected chi connectivity index (χ1v) is 5.47. The molecule has 0 atom stereocenters. The van der Waals surface area contributed by atoms with Gasteiger partial charge < -0.3 is 5.32 Å². The Balaban J connectivity index is 3.06. The van der Waals surface area contributed by atoms with Crippen molar-refractivity contribution < 1.29 is 0 Å². The number of nitrogens with zero attached hydrogens (tertiary/aromatic N) is 3. The molecule has 0 saturated carbocycles. The van der Waals surface area contributed by atoms with E-state index in [1.807, 2.05) is 0 Å². The summed E-state index contributed by atoms with van der Waals surface area (Å²) in [6.45, 7) is 2.51. The van der Waals surface area contributed by atoms with Crippen LogP contribution in [0.25, 0.3) is 0 Å². The van der Waals surface area contributed by atoms with Crippen molar-refractivity contribution in [2.24, 2.45) is 7.05 Å². The van der Waals surface area contributed by atoms with Crippen LogP contribution < -0.4 is 16.7 Å². The molecule has 0 spiro atoms. The number of unbranched alkanes of at least 4 members (excludes halogenated alkanes) is 2. The number of hydrogen-bond acceptors (Lipinski definition) is 4. The Morgan fingerprint density at radius 3 is 2.56 bits per heavy atom. The summed E-state index contributed by atoms with van der Waals surface area (Å²) in [4.78, 5) is 27.2. The fraction of sp³-hybridized carbons (Fsp3) is 0.700. The Hall–Kier alpha value is -1.59. The molecular weight excluding hydrogens is 208 g/mol. The molecule has 0 bridgehead atoms. The van der Waals surface area contributed by atoms with Gasteiger partial charge in [0.05, 0.1) is 0 Å². The Morgan fingerprint density at radius 2 is 2.00 bits per heavy atom. The molecular formula is C10H18N4O2. The quantitative estimate of drug-likeness (QED) is 0.727. The zero-order chi connectivity index (χ0) is 12.1. The Labute approximate surface area is 93.9 Å². The predicted octanol–water partition coefficient (Wildman–Crippen LogP) is 0.174. The lowest BCUT2D eigenvalue weighted by molar-refractivity contribution is 0.528. The average Bonchev–Trinajstić information content (AvgIpc) is 2.28. The SMILES string of the molecule is CCCCCn1c(=O)nc(NC)n(C)c1=O. The monoisotopic (exact) mass is 226 g/mol. The van der Waals surface area contributed by atoms with E-state index < -0.39 is 5.69 Å². The van der Waals surface area contributed by atoms with Gasteiger partial charge >= 0.3 is 11.4 Å². The van der Waals surface area contributed by atoms with E-state index in [9.17, 15) is 9.59 Å². The van der Waals surface area contributed by atoms with E-state index in [0.717, 1.165) is 19.3 Å². The van der Waals surface area contributed by atoms with Crippen LogP contribution in [0.4, 0.5) is 5.95 Å². The van der Waals surface area contributed by atoms with E-state index in [1.165, 1.54) is 9.13 Å². The summed E-state index contributed by atoms with van der Waals surface area (Å²) in [6.07, 6.45) is 2.88. The average molecular weight is 226 g/mol. The van der Waals surface area contributed by atoms with E-state index in [0.29, 0.717) is 12.5 Å². The minimum atomic E-state index is -0.483. The van der Waals surface area contributed by atoms with Crippen LogP contribution in [0.3, 0.4) is 0 Å². The smallest absolute Gasteiger partial charge is 0.354 e. The number of rotatable bonds is 5. The molecule has 0 amide bonds. The third-order valence-corrected chi connectivity index (χ3v) is 2.48. The highest BCUT2D eigenvalue weighted by Gasteiger charge is 2.08. The highest BCUT2D eigenvalue weighted by atomic mass is 16.2. The lowest BCUT2D eigenvalue weighted by Crippen LogP contribution is -2.41. The highest BCUT2D eigenvalue weighted by molar-refractivity contribution is 5.21. The molecule has 1 rings (SSSR count). The first-order chi connectivity index (χ1) is 7.61. The molecule has 0 fully saturated rings. The van der Waals surface area contributed by atoms with Gasteiger partial charge in [0.15, 0.2) is 0 Å². The van der Waals surface area contributed by atoms with Crippen molar-refractivity contribution in [1.82, 2.24) is 14.1 Å². The number of hydrogen-bond donors (Lipinski definition) is 1. The van der Waals surface area contributed by atoms with Crippen LogP contribution in [0.15, 0.2) is 9.59 Å². The molecule has 90 valence electrons. The van der Waals surface area contributed by atoms with Crippen molar-refractivity contribution in [3.63, 3.8) is 0 Å². The molecule has 0 aliphatic heterocycles. The minimum absolute atomic E-state index is 0.293. The maximum absolute atomic E-state index is 11.8. The van der Waals surface area contributed by atoms with Gasteiger partial charge in [0, 0.05) is 20.6 Å². The van der Waals surface area contributed by atoms with Gasteiger partial charge in [-0.05, 0) is 6.42 Å². The maximum atomic E-state index is 11.8. The number of anilines is 1. The van der Waals surface area contributed by atoms with E-state index in [4.69, 9.17) is 0 Å². The molecule has 16 heavy (non-hydrogen) atoms. The van der Waals surface area contributed by atoms with Crippen LogP contribution in [0.2, 0.25) is 0 Å². The van der Waals surface area contributed by atoms with E-state index in [2.05, 4.69) is 17.2 Å². The zero-order valence-electron chi connectivity index (χ0n) is 9.99. The molecule has 0 aliphatic rings. The van der Waals surface area contributed by atoms with Crippen molar-refractivity contribution >= 4 is 5.95 Å². The van der Waals surface area contributed by atoms with Crippen molar-refractivity contribution in [3.8, 4) is 0 Å². The molecule has 0 saturated heterocycles. The summed E-state index contributed by atoms with van der Waals surface area (Å²) in [5.41, 5.74) is -0.802. The Bertz CT molecular complexity index is 461. The maximum Gasteiger partial charge on any atom is 0.354 e. The van der Waals surface area contributed by atoms with Gasteiger partial charge in [-0.3, -0.25) is 4.57 Å². The second-order valence-corrected chi connectivity index (χ2v) is 3.67. The van der Waals surface area contributed by atoms with Crippen molar-refractivity contribution in [2.75, 3.05) is 12.4 Å². The topological polar surface area (TPSA) is 68.9 Å². The first kappa shape index (κ1) is 12.5. The summed E-state index contributed by atoms with van der Waals surface area (Å²) in [5.74, 6) is 0.293. The Morgan fingerprint density at radius 1 is 1.31 bits per heavy atom. The van der Waals surface area contributed by atoms with Crippen LogP contribution in [0.5, 0.6) is 0 Å². The van der Waals surface area contributed by atoms with Crippen LogP contribution in [0.1, 0.15) is 26.2 Å². The Kier molecular flexibility index (Phi) is 4.28. The van der Waals surface area contributed by atoms with Gasteiger partial charge in [-0.2, -0.15) is 4.98 Å². The molecule has 6 nitrogen and oxygen atoms in total. The van der Waals surface area contributed by atoms with Gasteiger partial charge in [0.2, 0.25) is 5.95 Å². The van der Waals surface area contributed by atoms with E-state index in [1.54, 1.807) is 14.1 Å². The second-order valence-electron chi connectivity index (χ2n) is 3.67. The molecule has 6 heteroatoms. The largest absolute Gasteiger partial charge is 0.358 e. The van der Waals surface area contributed by atoms with Crippen LogP contribution >= 0.6 is 0 Å². The molecule has 0 unspecified atom stereocenters. The highest BCUT2D eigenvalue weighted by Crippen LogP contribution is 1.95. The van der Waals surface area contributed by atoms with Gasteiger partial charge in [0.25, 0.3) is 0 Å². The minimum Gasteiger partial charge on any atom is -0.358 e. The van der Waals surface area contributed by atoms with Crippen LogP contribution in [0, 0.1) is 0 Å². The summed E-state index contributed by atoms with van der Waals surface area (Å²) >= 11 is 0. The van der Waals surface area contributed by atoms with Crippen molar-refractivity contribution in [1.29, 1.82) is 0 Å². The van der Waals surface area contributed by atoms with Crippen LogP contribution in [-0.2, 0) is 13.6 Å². The molecule has 0 aliphatic carbocycles. The number of nitrogens with one attached hydrogen (secondary N) is 1. The lowest BCUT2D eigenvalue weighted by Gasteiger charge is -2.09. The van der Waals surface area contributed by atoms with Gasteiger partial charge in [-0.25, -0.2) is 14.2 Å². The normalized spacial score (nSPS) is 10.4. The summed E-state index contributed by atoms with van der Waals surface area (Å²) < 4.78 is 2.52. The van der Waals surface area contributed by atoms with Crippen molar-refractivity contribution in [2.45, 2.75) is 32.7 Å². The zero-order valence-corrected chi connectivity index (χ0v) is 9.99. The third-order valence-electron chi connectivity index (χ3n) is 2.48. The molecule has 1 N–H and O–H groups in total.